The van der Waals surface area contributed by atoms with E-state index in [9.17, 15) is 22.8 Å². The van der Waals surface area contributed by atoms with Crippen LogP contribution in [0, 0.1) is 0 Å². The lowest BCUT2D eigenvalue weighted by molar-refractivity contribution is -0.148. The zero-order valence-electron chi connectivity index (χ0n) is 18.5. The maximum atomic E-state index is 12.6. The van der Waals surface area contributed by atoms with Crippen LogP contribution in [0.4, 0.5) is 5.69 Å². The molecule has 0 aromatic heterocycles. The standard InChI is InChI=1S/C22H26ClN3O6S/c1-4-26(5-2)33(30,31)17-10-8-9-16(13-17)25-20(27)14-32-22(29)15(3)24-21(28)18-11-6-7-12-19(18)23/h6-13,15H,4-5,14H2,1-3H3,(H,24,28)(H,25,27)/t15-/m0/s1. The third-order valence-corrected chi connectivity index (χ3v) is 7.00. The number of anilines is 1. The predicted octanol–water partition coefficient (Wildman–Crippen LogP) is 2.67. The van der Waals surface area contributed by atoms with Crippen LogP contribution in [0.3, 0.4) is 0 Å². The summed E-state index contributed by atoms with van der Waals surface area (Å²) in [5.41, 5.74) is 0.445. The van der Waals surface area contributed by atoms with Gasteiger partial charge in [-0.1, -0.05) is 43.6 Å². The number of amides is 2. The van der Waals surface area contributed by atoms with Crippen LogP contribution in [0.15, 0.2) is 53.4 Å². The third-order valence-electron chi connectivity index (χ3n) is 4.63. The number of halogens is 1. The average molecular weight is 496 g/mol. The molecule has 1 atom stereocenters. The van der Waals surface area contributed by atoms with Gasteiger partial charge in [0.15, 0.2) is 6.61 Å². The summed E-state index contributed by atoms with van der Waals surface area (Å²) >= 11 is 5.96. The van der Waals surface area contributed by atoms with Crippen molar-refractivity contribution in [3.8, 4) is 0 Å². The van der Waals surface area contributed by atoms with Crippen molar-refractivity contribution in [3.05, 3.63) is 59.1 Å². The Bertz CT molecular complexity index is 1120. The zero-order chi connectivity index (χ0) is 24.6. The van der Waals surface area contributed by atoms with Crippen LogP contribution in [-0.4, -0.2) is 56.2 Å². The first-order valence-electron chi connectivity index (χ1n) is 10.2. The molecule has 0 saturated carbocycles. The molecule has 33 heavy (non-hydrogen) atoms. The smallest absolute Gasteiger partial charge is 0.328 e. The number of nitrogens with zero attached hydrogens (tertiary/aromatic N) is 1. The summed E-state index contributed by atoms with van der Waals surface area (Å²) in [5, 5.41) is 5.19. The van der Waals surface area contributed by atoms with Crippen LogP contribution in [-0.2, 0) is 24.3 Å². The van der Waals surface area contributed by atoms with Crippen molar-refractivity contribution >= 4 is 45.1 Å². The highest BCUT2D eigenvalue weighted by Crippen LogP contribution is 2.19. The molecule has 178 valence electrons. The number of benzene rings is 2. The van der Waals surface area contributed by atoms with Crippen LogP contribution in [0.5, 0.6) is 0 Å². The van der Waals surface area contributed by atoms with Gasteiger partial charge < -0.3 is 15.4 Å². The summed E-state index contributed by atoms with van der Waals surface area (Å²) in [6.45, 7) is 4.90. The second-order valence-corrected chi connectivity index (χ2v) is 9.29. The van der Waals surface area contributed by atoms with Crippen LogP contribution >= 0.6 is 11.6 Å². The summed E-state index contributed by atoms with van der Waals surface area (Å²) in [7, 11) is -3.69. The minimum absolute atomic E-state index is 0.0388. The van der Waals surface area contributed by atoms with Crippen LogP contribution < -0.4 is 10.6 Å². The Kier molecular flexibility index (Phi) is 9.39. The first kappa shape index (κ1) is 26.3. The highest BCUT2D eigenvalue weighted by Gasteiger charge is 2.23. The Morgan fingerprint density at radius 1 is 1.06 bits per heavy atom. The van der Waals surface area contributed by atoms with Gasteiger partial charge in [-0.25, -0.2) is 13.2 Å². The van der Waals surface area contributed by atoms with E-state index in [0.717, 1.165) is 0 Å². The van der Waals surface area contributed by atoms with E-state index in [2.05, 4.69) is 10.6 Å². The maximum Gasteiger partial charge on any atom is 0.328 e. The normalized spacial score (nSPS) is 12.2. The van der Waals surface area contributed by atoms with Crippen molar-refractivity contribution in [1.29, 1.82) is 0 Å². The van der Waals surface area contributed by atoms with Gasteiger partial charge >= 0.3 is 5.97 Å². The number of nitrogens with one attached hydrogen (secondary N) is 2. The Morgan fingerprint density at radius 2 is 1.73 bits per heavy atom. The van der Waals surface area contributed by atoms with Gasteiger partial charge in [0.2, 0.25) is 10.0 Å². The second-order valence-electron chi connectivity index (χ2n) is 6.95. The summed E-state index contributed by atoms with van der Waals surface area (Å²) in [6.07, 6.45) is 0. The van der Waals surface area contributed by atoms with E-state index >= 15 is 0 Å². The molecule has 2 aromatic rings. The number of sulfonamides is 1. The van der Waals surface area contributed by atoms with Gasteiger partial charge in [0.1, 0.15) is 6.04 Å². The van der Waals surface area contributed by atoms with E-state index in [1.807, 2.05) is 0 Å². The van der Waals surface area contributed by atoms with E-state index < -0.39 is 40.5 Å². The molecule has 2 N–H and O–H groups in total. The average Bonchev–Trinajstić information content (AvgIpc) is 2.78. The number of ether oxygens (including phenoxy) is 1. The SMILES string of the molecule is CCN(CC)S(=O)(=O)c1cccc(NC(=O)COC(=O)[C@H](C)NC(=O)c2ccccc2Cl)c1. The van der Waals surface area contributed by atoms with Crippen molar-refractivity contribution in [2.24, 2.45) is 0 Å². The van der Waals surface area contributed by atoms with Gasteiger partial charge in [0.05, 0.1) is 15.5 Å². The van der Waals surface area contributed by atoms with Crippen LogP contribution in [0.25, 0.3) is 0 Å². The summed E-state index contributed by atoms with van der Waals surface area (Å²) in [4.78, 5) is 36.6. The fraction of sp³-hybridized carbons (Fsp3) is 0.318. The van der Waals surface area contributed by atoms with Gasteiger partial charge in [-0.05, 0) is 37.3 Å². The molecule has 0 bridgehead atoms. The largest absolute Gasteiger partial charge is 0.454 e. The molecule has 0 aliphatic carbocycles. The highest BCUT2D eigenvalue weighted by atomic mass is 35.5. The lowest BCUT2D eigenvalue weighted by Gasteiger charge is -2.19. The lowest BCUT2D eigenvalue weighted by Crippen LogP contribution is -2.40. The molecule has 2 rings (SSSR count). The molecule has 0 aliphatic rings. The van der Waals surface area contributed by atoms with E-state index in [1.165, 1.54) is 41.6 Å². The minimum atomic E-state index is -3.69. The van der Waals surface area contributed by atoms with E-state index in [4.69, 9.17) is 16.3 Å². The van der Waals surface area contributed by atoms with Crippen molar-refractivity contribution < 1.29 is 27.5 Å². The van der Waals surface area contributed by atoms with E-state index in [0.29, 0.717) is 13.1 Å². The van der Waals surface area contributed by atoms with E-state index in [-0.39, 0.29) is 21.2 Å². The molecule has 0 fully saturated rings. The number of hydrogen-bond donors (Lipinski definition) is 2. The molecule has 0 unspecified atom stereocenters. The zero-order valence-corrected chi connectivity index (χ0v) is 20.1. The summed E-state index contributed by atoms with van der Waals surface area (Å²) in [6, 6.07) is 11.1. The Labute approximate surface area is 198 Å². The molecule has 11 heteroatoms. The molecular weight excluding hydrogens is 470 g/mol. The Morgan fingerprint density at radius 3 is 2.36 bits per heavy atom. The molecule has 0 saturated heterocycles. The Balaban J connectivity index is 1.93. The maximum absolute atomic E-state index is 12.6. The molecule has 0 radical (unpaired) electrons. The first-order valence-corrected chi connectivity index (χ1v) is 12.0. The number of esters is 1. The molecule has 0 aliphatic heterocycles. The third kappa shape index (κ3) is 7.01. The van der Waals surface area contributed by atoms with E-state index in [1.54, 1.807) is 32.0 Å². The second kappa shape index (κ2) is 11.8. The number of hydrogen-bond acceptors (Lipinski definition) is 6. The van der Waals surface area contributed by atoms with Crippen LogP contribution in [0.1, 0.15) is 31.1 Å². The summed E-state index contributed by atoms with van der Waals surface area (Å²) in [5.74, 6) is -2.03. The van der Waals surface area contributed by atoms with Gasteiger partial charge in [0, 0.05) is 18.8 Å². The van der Waals surface area contributed by atoms with Crippen molar-refractivity contribution in [2.75, 3.05) is 25.0 Å². The van der Waals surface area contributed by atoms with Gasteiger partial charge in [-0.3, -0.25) is 9.59 Å². The monoisotopic (exact) mass is 495 g/mol. The topological polar surface area (TPSA) is 122 Å². The summed E-state index contributed by atoms with van der Waals surface area (Å²) < 4.78 is 31.5. The predicted molar refractivity (Wildman–Crippen MR) is 125 cm³/mol. The molecular formula is C22H26ClN3O6S. The molecule has 2 aromatic carbocycles. The van der Waals surface area contributed by atoms with Gasteiger partial charge in [-0.15, -0.1) is 0 Å². The molecule has 0 heterocycles. The quantitative estimate of drug-likeness (QED) is 0.489. The number of carbonyl (C=O) groups excluding carboxylic acids is 3. The van der Waals surface area contributed by atoms with Gasteiger partial charge in [-0.2, -0.15) is 4.31 Å². The number of rotatable bonds is 10. The lowest BCUT2D eigenvalue weighted by atomic mass is 10.2. The highest BCUT2D eigenvalue weighted by molar-refractivity contribution is 7.89. The Hall–Kier alpha value is -2.95. The fourth-order valence-corrected chi connectivity index (χ4v) is 4.61. The van der Waals surface area contributed by atoms with Crippen molar-refractivity contribution in [2.45, 2.75) is 31.7 Å². The molecule has 9 nitrogen and oxygen atoms in total. The van der Waals surface area contributed by atoms with Gasteiger partial charge in [0.25, 0.3) is 11.8 Å². The first-order chi connectivity index (χ1) is 15.6. The number of carbonyl (C=O) groups is 3. The van der Waals surface area contributed by atoms with Crippen molar-refractivity contribution in [1.82, 2.24) is 9.62 Å². The van der Waals surface area contributed by atoms with Crippen molar-refractivity contribution in [3.63, 3.8) is 0 Å². The minimum Gasteiger partial charge on any atom is -0.454 e. The fourth-order valence-electron chi connectivity index (χ4n) is 2.88. The van der Waals surface area contributed by atoms with Crippen LogP contribution in [0.2, 0.25) is 5.02 Å². The molecule has 2 amide bonds. The molecule has 0 spiro atoms.